The maximum absolute atomic E-state index is 11.6. The number of sulfonamides is 1. The highest BCUT2D eigenvalue weighted by atomic mass is 32.2. The molecule has 3 N–H and O–H groups in total. The van der Waals surface area contributed by atoms with E-state index >= 15 is 0 Å². The van der Waals surface area contributed by atoms with E-state index in [2.05, 4.69) is 9.62 Å². The van der Waals surface area contributed by atoms with Crippen LogP contribution in [0.1, 0.15) is 19.3 Å². The number of hydrogen-bond acceptors (Lipinski definition) is 4. The standard InChI is InChI=1S/C9H19N3O2S/c10-4-7-15(13,14)11-8-3-6-12-5-1-2-9(8)12/h8-9,11H,1-7,10H2. The Morgan fingerprint density at radius 3 is 2.87 bits per heavy atom. The summed E-state index contributed by atoms with van der Waals surface area (Å²) < 4.78 is 25.9. The van der Waals surface area contributed by atoms with E-state index in [1.807, 2.05) is 0 Å². The molecule has 0 amide bonds. The molecular weight excluding hydrogens is 214 g/mol. The number of nitrogens with two attached hydrogens (primary N) is 1. The Kier molecular flexibility index (Phi) is 3.30. The molecule has 2 fully saturated rings. The lowest BCUT2D eigenvalue weighted by Gasteiger charge is -2.20. The average molecular weight is 233 g/mol. The summed E-state index contributed by atoms with van der Waals surface area (Å²) in [5.41, 5.74) is 5.27. The highest BCUT2D eigenvalue weighted by Crippen LogP contribution is 2.28. The molecule has 0 aromatic carbocycles. The maximum Gasteiger partial charge on any atom is 0.213 e. The van der Waals surface area contributed by atoms with E-state index in [1.165, 1.54) is 6.42 Å². The molecule has 2 aliphatic rings. The molecule has 2 saturated heterocycles. The van der Waals surface area contributed by atoms with E-state index in [4.69, 9.17) is 5.73 Å². The molecule has 2 atom stereocenters. The Morgan fingerprint density at radius 1 is 1.33 bits per heavy atom. The van der Waals surface area contributed by atoms with Gasteiger partial charge in [0.1, 0.15) is 0 Å². The lowest BCUT2D eigenvalue weighted by molar-refractivity contribution is 0.309. The predicted molar refractivity (Wildman–Crippen MR) is 59.0 cm³/mol. The molecule has 0 bridgehead atoms. The molecule has 15 heavy (non-hydrogen) atoms. The van der Waals surface area contributed by atoms with Crippen LogP contribution >= 0.6 is 0 Å². The van der Waals surface area contributed by atoms with Crippen LogP contribution in [-0.4, -0.2) is 50.8 Å². The van der Waals surface area contributed by atoms with Crippen molar-refractivity contribution in [1.29, 1.82) is 0 Å². The summed E-state index contributed by atoms with van der Waals surface area (Å²) in [5.74, 6) is 0.0379. The van der Waals surface area contributed by atoms with Gasteiger partial charge < -0.3 is 5.73 Å². The highest BCUT2D eigenvalue weighted by molar-refractivity contribution is 7.89. The molecule has 2 unspecified atom stereocenters. The van der Waals surface area contributed by atoms with Gasteiger partial charge in [-0.25, -0.2) is 13.1 Å². The van der Waals surface area contributed by atoms with E-state index in [-0.39, 0.29) is 18.3 Å². The lowest BCUT2D eigenvalue weighted by Crippen LogP contribution is -2.44. The second kappa shape index (κ2) is 4.37. The smallest absolute Gasteiger partial charge is 0.213 e. The van der Waals surface area contributed by atoms with E-state index in [9.17, 15) is 8.42 Å². The zero-order chi connectivity index (χ0) is 10.9. The van der Waals surface area contributed by atoms with E-state index < -0.39 is 10.0 Å². The third-order valence-corrected chi connectivity index (χ3v) is 4.76. The second-order valence-electron chi connectivity index (χ2n) is 4.37. The highest BCUT2D eigenvalue weighted by Gasteiger charge is 2.38. The third kappa shape index (κ3) is 2.50. The van der Waals surface area contributed by atoms with Crippen LogP contribution in [0.4, 0.5) is 0 Å². The summed E-state index contributed by atoms with van der Waals surface area (Å²) in [6.45, 7) is 2.34. The SMILES string of the molecule is NCCS(=O)(=O)NC1CCN2CCCC12. The number of fused-ring (bicyclic) bond motifs is 1. The minimum absolute atomic E-state index is 0.0379. The number of rotatable bonds is 4. The van der Waals surface area contributed by atoms with Gasteiger partial charge in [-0.15, -0.1) is 0 Å². The first-order valence-electron chi connectivity index (χ1n) is 5.56. The molecule has 0 aromatic heterocycles. The molecule has 88 valence electrons. The van der Waals surface area contributed by atoms with Crippen molar-refractivity contribution in [2.75, 3.05) is 25.4 Å². The van der Waals surface area contributed by atoms with Crippen LogP contribution in [0.3, 0.4) is 0 Å². The van der Waals surface area contributed by atoms with Gasteiger partial charge in [0.2, 0.25) is 10.0 Å². The summed E-state index contributed by atoms with van der Waals surface area (Å²) in [4.78, 5) is 2.38. The Labute approximate surface area is 91.1 Å². The fourth-order valence-electron chi connectivity index (χ4n) is 2.66. The molecule has 0 aliphatic carbocycles. The fraction of sp³-hybridized carbons (Fsp3) is 1.00. The Bertz CT molecular complexity index is 317. The van der Waals surface area contributed by atoms with Crippen molar-refractivity contribution in [3.05, 3.63) is 0 Å². The summed E-state index contributed by atoms with van der Waals surface area (Å²) in [5, 5.41) is 0. The van der Waals surface area contributed by atoms with Crippen LogP contribution in [0.2, 0.25) is 0 Å². The molecule has 5 nitrogen and oxygen atoms in total. The van der Waals surface area contributed by atoms with Gasteiger partial charge >= 0.3 is 0 Å². The normalized spacial score (nSPS) is 32.1. The average Bonchev–Trinajstić information content (AvgIpc) is 2.69. The van der Waals surface area contributed by atoms with Crippen molar-refractivity contribution >= 4 is 10.0 Å². The number of hydrogen-bond donors (Lipinski definition) is 2. The van der Waals surface area contributed by atoms with Gasteiger partial charge in [-0.1, -0.05) is 0 Å². The summed E-state index contributed by atoms with van der Waals surface area (Å²) in [7, 11) is -3.16. The van der Waals surface area contributed by atoms with Crippen LogP contribution in [0.25, 0.3) is 0 Å². The van der Waals surface area contributed by atoms with Crippen molar-refractivity contribution in [2.45, 2.75) is 31.3 Å². The Hall–Kier alpha value is -0.170. The van der Waals surface area contributed by atoms with E-state index in [0.29, 0.717) is 6.04 Å². The van der Waals surface area contributed by atoms with Crippen LogP contribution in [-0.2, 0) is 10.0 Å². The van der Waals surface area contributed by atoms with Crippen LogP contribution in [0.15, 0.2) is 0 Å². The molecule has 2 rings (SSSR count). The largest absolute Gasteiger partial charge is 0.329 e. The molecule has 2 aliphatic heterocycles. The van der Waals surface area contributed by atoms with Gasteiger partial charge in [0.25, 0.3) is 0 Å². The quantitative estimate of drug-likeness (QED) is 0.660. The summed E-state index contributed by atoms with van der Waals surface area (Å²) >= 11 is 0. The Morgan fingerprint density at radius 2 is 2.13 bits per heavy atom. The van der Waals surface area contributed by atoms with Crippen LogP contribution in [0, 0.1) is 0 Å². The topological polar surface area (TPSA) is 75.4 Å². The van der Waals surface area contributed by atoms with Crippen molar-refractivity contribution in [1.82, 2.24) is 9.62 Å². The molecular formula is C9H19N3O2S. The summed E-state index contributed by atoms with van der Waals surface area (Å²) in [6.07, 6.45) is 3.25. The number of nitrogens with one attached hydrogen (secondary N) is 1. The molecule has 0 aromatic rings. The van der Waals surface area contributed by atoms with E-state index in [1.54, 1.807) is 0 Å². The zero-order valence-corrected chi connectivity index (χ0v) is 9.67. The minimum atomic E-state index is -3.16. The van der Waals surface area contributed by atoms with Gasteiger partial charge in [0.05, 0.1) is 5.75 Å². The maximum atomic E-state index is 11.6. The van der Waals surface area contributed by atoms with Crippen LogP contribution < -0.4 is 10.5 Å². The molecule has 0 saturated carbocycles. The Balaban J connectivity index is 1.95. The lowest BCUT2D eigenvalue weighted by atomic mass is 10.1. The monoisotopic (exact) mass is 233 g/mol. The van der Waals surface area contributed by atoms with Gasteiger partial charge in [-0.05, 0) is 25.8 Å². The van der Waals surface area contributed by atoms with Crippen LogP contribution in [0.5, 0.6) is 0 Å². The van der Waals surface area contributed by atoms with Gasteiger partial charge in [0, 0.05) is 25.2 Å². The summed E-state index contributed by atoms with van der Waals surface area (Å²) in [6, 6.07) is 0.543. The minimum Gasteiger partial charge on any atom is -0.329 e. The van der Waals surface area contributed by atoms with Gasteiger partial charge in [-0.3, -0.25) is 4.90 Å². The van der Waals surface area contributed by atoms with E-state index in [0.717, 1.165) is 25.9 Å². The first kappa shape index (κ1) is 11.3. The molecule has 2 heterocycles. The van der Waals surface area contributed by atoms with Crippen molar-refractivity contribution < 1.29 is 8.42 Å². The third-order valence-electron chi connectivity index (χ3n) is 3.32. The first-order valence-corrected chi connectivity index (χ1v) is 7.22. The first-order chi connectivity index (χ1) is 7.12. The predicted octanol–water partition coefficient (Wildman–Crippen LogP) is -0.899. The van der Waals surface area contributed by atoms with Crippen molar-refractivity contribution in [2.24, 2.45) is 5.73 Å². The van der Waals surface area contributed by atoms with Crippen molar-refractivity contribution in [3.63, 3.8) is 0 Å². The molecule has 0 radical (unpaired) electrons. The van der Waals surface area contributed by atoms with Gasteiger partial charge in [0.15, 0.2) is 0 Å². The molecule has 0 spiro atoms. The number of nitrogens with zero attached hydrogens (tertiary/aromatic N) is 1. The molecule has 6 heteroatoms. The van der Waals surface area contributed by atoms with Crippen molar-refractivity contribution in [3.8, 4) is 0 Å². The zero-order valence-electron chi connectivity index (χ0n) is 8.85. The second-order valence-corrected chi connectivity index (χ2v) is 6.24. The van der Waals surface area contributed by atoms with Gasteiger partial charge in [-0.2, -0.15) is 0 Å². The fourth-order valence-corrected chi connectivity index (χ4v) is 3.83.